The van der Waals surface area contributed by atoms with Crippen LogP contribution in [0.15, 0.2) is 6.07 Å². The summed E-state index contributed by atoms with van der Waals surface area (Å²) in [6.07, 6.45) is 0.780. The molecule has 0 saturated heterocycles. The molecule has 0 atom stereocenters. The van der Waals surface area contributed by atoms with E-state index in [-0.39, 0.29) is 0 Å². The van der Waals surface area contributed by atoms with Crippen molar-refractivity contribution < 1.29 is 0 Å². The van der Waals surface area contributed by atoms with Gasteiger partial charge in [0.15, 0.2) is 0 Å². The molecule has 16 heavy (non-hydrogen) atoms. The topological polar surface area (TPSA) is 48.7 Å². The van der Waals surface area contributed by atoms with E-state index in [4.69, 9.17) is 5.26 Å². The van der Waals surface area contributed by atoms with Gasteiger partial charge in [0.25, 0.3) is 0 Å². The highest BCUT2D eigenvalue weighted by molar-refractivity contribution is 5.59. The minimum Gasteiger partial charge on any atom is -0.383 e. The maximum absolute atomic E-state index is 9.03. The van der Waals surface area contributed by atoms with Crippen LogP contribution in [0.1, 0.15) is 30.3 Å². The van der Waals surface area contributed by atoms with Crippen molar-refractivity contribution in [1.29, 1.82) is 5.26 Å². The van der Waals surface area contributed by atoms with Crippen molar-refractivity contribution in [3.05, 3.63) is 23.0 Å². The van der Waals surface area contributed by atoms with E-state index in [1.54, 1.807) is 0 Å². The Labute approximate surface area is 96.5 Å². The lowest BCUT2D eigenvalue weighted by atomic mass is 10.1. The Bertz CT molecular complexity index is 472. The van der Waals surface area contributed by atoms with Crippen LogP contribution in [0.4, 0.5) is 5.69 Å². The van der Waals surface area contributed by atoms with Crippen molar-refractivity contribution >= 4 is 5.69 Å². The van der Waals surface area contributed by atoms with Crippen molar-refractivity contribution in [1.82, 2.24) is 4.98 Å². The Hall–Kier alpha value is -2.00. The smallest absolute Gasteiger partial charge is 0.103 e. The van der Waals surface area contributed by atoms with Gasteiger partial charge in [0.2, 0.25) is 0 Å². The van der Waals surface area contributed by atoms with E-state index in [1.165, 1.54) is 0 Å². The second-order valence-corrected chi connectivity index (χ2v) is 3.49. The molecule has 0 aliphatic carbocycles. The summed E-state index contributed by atoms with van der Waals surface area (Å²) in [5.74, 6) is 5.81. The number of nitriles is 1. The lowest BCUT2D eigenvalue weighted by molar-refractivity contribution is 1.06. The monoisotopic (exact) mass is 213 g/mol. The van der Waals surface area contributed by atoms with Crippen LogP contribution in [0.2, 0.25) is 0 Å². The number of hydrogen-bond acceptors (Lipinski definition) is 3. The number of hydrogen-bond donors (Lipinski definition) is 1. The Morgan fingerprint density at radius 2 is 2.19 bits per heavy atom. The molecule has 0 fully saturated rings. The van der Waals surface area contributed by atoms with Crippen LogP contribution in [-0.4, -0.2) is 11.5 Å². The third-order valence-electron chi connectivity index (χ3n) is 2.18. The second-order valence-electron chi connectivity index (χ2n) is 3.49. The number of aryl methyl sites for hydroxylation is 2. The molecule has 1 N–H and O–H groups in total. The van der Waals surface area contributed by atoms with Gasteiger partial charge in [0.1, 0.15) is 6.07 Å². The van der Waals surface area contributed by atoms with Gasteiger partial charge in [0, 0.05) is 18.7 Å². The van der Waals surface area contributed by atoms with Crippen LogP contribution in [0, 0.1) is 37.0 Å². The zero-order valence-corrected chi connectivity index (χ0v) is 9.89. The van der Waals surface area contributed by atoms with E-state index >= 15 is 0 Å². The molecule has 1 rings (SSSR count). The summed E-state index contributed by atoms with van der Waals surface area (Å²) in [7, 11) is 0. The summed E-state index contributed by atoms with van der Waals surface area (Å²) in [5, 5.41) is 12.3. The number of pyridine rings is 1. The molecule has 0 aliphatic rings. The van der Waals surface area contributed by atoms with Crippen molar-refractivity contribution in [2.24, 2.45) is 0 Å². The van der Waals surface area contributed by atoms with E-state index in [1.807, 2.05) is 26.8 Å². The zero-order chi connectivity index (χ0) is 12.0. The molecule has 0 aromatic carbocycles. The number of aromatic nitrogens is 1. The molecule has 0 amide bonds. The van der Waals surface area contributed by atoms with Crippen LogP contribution in [0.5, 0.6) is 0 Å². The number of nitrogens with one attached hydrogen (secondary N) is 1. The van der Waals surface area contributed by atoms with Gasteiger partial charge in [-0.2, -0.15) is 5.26 Å². The summed E-state index contributed by atoms with van der Waals surface area (Å²) in [4.78, 5) is 4.26. The molecule has 0 bridgehead atoms. The minimum absolute atomic E-state index is 0.620. The SMILES string of the molecule is CC#CCCNc1cc(C)nc(C)c1C#N. The first-order chi connectivity index (χ1) is 7.69. The first kappa shape index (κ1) is 12.1. The third-order valence-corrected chi connectivity index (χ3v) is 2.18. The van der Waals surface area contributed by atoms with E-state index < -0.39 is 0 Å². The third kappa shape index (κ3) is 3.00. The highest BCUT2D eigenvalue weighted by Gasteiger charge is 2.06. The molecule has 1 aromatic heterocycles. The fourth-order valence-corrected chi connectivity index (χ4v) is 1.49. The summed E-state index contributed by atoms with van der Waals surface area (Å²) in [6.45, 7) is 6.34. The number of nitrogens with zero attached hydrogens (tertiary/aromatic N) is 2. The van der Waals surface area contributed by atoms with Gasteiger partial charge in [0.05, 0.1) is 16.9 Å². The van der Waals surface area contributed by atoms with Crippen molar-refractivity contribution in [3.8, 4) is 17.9 Å². The number of rotatable bonds is 3. The van der Waals surface area contributed by atoms with Crippen molar-refractivity contribution in [3.63, 3.8) is 0 Å². The Kier molecular flexibility index (Phi) is 4.36. The summed E-state index contributed by atoms with van der Waals surface area (Å²) in [5.41, 5.74) is 3.16. The lowest BCUT2D eigenvalue weighted by Crippen LogP contribution is -2.05. The van der Waals surface area contributed by atoms with E-state index in [9.17, 15) is 0 Å². The van der Waals surface area contributed by atoms with Gasteiger partial charge in [-0.15, -0.1) is 11.8 Å². The normalized spacial score (nSPS) is 8.88. The maximum Gasteiger partial charge on any atom is 0.103 e. The van der Waals surface area contributed by atoms with E-state index in [0.29, 0.717) is 5.56 Å². The van der Waals surface area contributed by atoms with Crippen LogP contribution in [0.25, 0.3) is 0 Å². The fraction of sp³-hybridized carbons (Fsp3) is 0.385. The Morgan fingerprint density at radius 3 is 2.81 bits per heavy atom. The quantitative estimate of drug-likeness (QED) is 0.619. The van der Waals surface area contributed by atoms with Gasteiger partial charge >= 0.3 is 0 Å². The van der Waals surface area contributed by atoms with Gasteiger partial charge in [-0.05, 0) is 26.8 Å². The highest BCUT2D eigenvalue weighted by atomic mass is 14.9. The highest BCUT2D eigenvalue weighted by Crippen LogP contribution is 2.18. The Balaban J connectivity index is 2.85. The molecule has 0 spiro atoms. The molecular formula is C13H15N3. The fourth-order valence-electron chi connectivity index (χ4n) is 1.49. The molecule has 3 heteroatoms. The zero-order valence-electron chi connectivity index (χ0n) is 9.89. The van der Waals surface area contributed by atoms with Gasteiger partial charge in [-0.1, -0.05) is 0 Å². The van der Waals surface area contributed by atoms with Crippen LogP contribution in [-0.2, 0) is 0 Å². The summed E-state index contributed by atoms with van der Waals surface area (Å²) < 4.78 is 0. The minimum atomic E-state index is 0.620. The van der Waals surface area contributed by atoms with Crippen molar-refractivity contribution in [2.45, 2.75) is 27.2 Å². The molecule has 0 radical (unpaired) electrons. The first-order valence-corrected chi connectivity index (χ1v) is 5.21. The van der Waals surface area contributed by atoms with Gasteiger partial charge < -0.3 is 5.32 Å². The second kappa shape index (κ2) is 5.78. The molecule has 1 aromatic rings. The molecule has 1 heterocycles. The van der Waals surface area contributed by atoms with Crippen LogP contribution >= 0.6 is 0 Å². The predicted molar refractivity (Wildman–Crippen MR) is 65.0 cm³/mol. The average Bonchev–Trinajstić information content (AvgIpc) is 2.24. The van der Waals surface area contributed by atoms with Gasteiger partial charge in [-0.3, -0.25) is 4.98 Å². The molecule has 82 valence electrons. The Morgan fingerprint density at radius 1 is 1.44 bits per heavy atom. The maximum atomic E-state index is 9.03. The van der Waals surface area contributed by atoms with Crippen LogP contribution < -0.4 is 5.32 Å². The summed E-state index contributed by atoms with van der Waals surface area (Å²) >= 11 is 0. The van der Waals surface area contributed by atoms with Crippen molar-refractivity contribution in [2.75, 3.05) is 11.9 Å². The predicted octanol–water partition coefficient (Wildman–Crippen LogP) is 2.40. The molecular weight excluding hydrogens is 198 g/mol. The standard InChI is InChI=1S/C13H15N3/c1-4-5-6-7-15-13-8-10(2)16-11(3)12(13)9-14/h8H,6-7H2,1-3H3,(H,15,16). The first-order valence-electron chi connectivity index (χ1n) is 5.21. The molecule has 0 unspecified atom stereocenters. The lowest BCUT2D eigenvalue weighted by Gasteiger charge is -2.09. The average molecular weight is 213 g/mol. The molecule has 3 nitrogen and oxygen atoms in total. The van der Waals surface area contributed by atoms with E-state index in [0.717, 1.165) is 30.0 Å². The largest absolute Gasteiger partial charge is 0.383 e. The summed E-state index contributed by atoms with van der Waals surface area (Å²) in [6, 6.07) is 4.06. The molecule has 0 aliphatic heterocycles. The van der Waals surface area contributed by atoms with Crippen LogP contribution in [0.3, 0.4) is 0 Å². The number of anilines is 1. The van der Waals surface area contributed by atoms with Gasteiger partial charge in [-0.25, -0.2) is 0 Å². The van der Waals surface area contributed by atoms with E-state index in [2.05, 4.69) is 28.2 Å². The molecule has 0 saturated carbocycles.